The van der Waals surface area contributed by atoms with Gasteiger partial charge in [-0.1, -0.05) is 55.4 Å². The van der Waals surface area contributed by atoms with Crippen molar-refractivity contribution in [2.75, 3.05) is 6.54 Å². The van der Waals surface area contributed by atoms with Crippen LogP contribution in [0, 0.1) is 17.3 Å². The van der Waals surface area contributed by atoms with Crippen LogP contribution in [0.4, 0.5) is 0 Å². The number of Topliss-reactive ketones (excluding diaryl/α,β-unsaturated/α-hetero) is 2. The molecule has 0 saturated heterocycles. The Hall–Kier alpha value is -1.49. The van der Waals surface area contributed by atoms with Gasteiger partial charge in [0.1, 0.15) is 5.76 Å². The van der Waals surface area contributed by atoms with Crippen molar-refractivity contribution < 1.29 is 14.7 Å². The summed E-state index contributed by atoms with van der Waals surface area (Å²) in [4.78, 5) is 29.9. The normalized spacial score (nSPS) is 18.6. The van der Waals surface area contributed by atoms with Crippen LogP contribution in [0.2, 0.25) is 0 Å². The summed E-state index contributed by atoms with van der Waals surface area (Å²) in [6.45, 7) is 16.9. The first-order chi connectivity index (χ1) is 13.8. The van der Waals surface area contributed by atoms with E-state index < -0.39 is 0 Å². The second-order valence-corrected chi connectivity index (χ2v) is 10.6. The molecular formula is C25H44N2O3. The number of aliphatic hydroxyl groups is 1. The van der Waals surface area contributed by atoms with Crippen molar-refractivity contribution in [3.63, 3.8) is 0 Å². The second-order valence-electron chi connectivity index (χ2n) is 10.6. The highest BCUT2D eigenvalue weighted by Gasteiger charge is 2.35. The number of hydrogen-bond acceptors (Lipinski definition) is 5. The molecule has 2 N–H and O–H groups in total. The first-order valence-corrected chi connectivity index (χ1v) is 11.6. The number of hydrogen-bond donors (Lipinski definition) is 2. The molecule has 30 heavy (non-hydrogen) atoms. The topological polar surface area (TPSA) is 78.8 Å². The van der Waals surface area contributed by atoms with Crippen molar-refractivity contribution in [2.24, 2.45) is 22.2 Å². The van der Waals surface area contributed by atoms with Gasteiger partial charge in [-0.15, -0.1) is 0 Å². The number of unbranched alkanes of at least 4 members (excludes halogenated alkanes) is 1. The van der Waals surface area contributed by atoms with Crippen LogP contribution in [-0.4, -0.2) is 41.0 Å². The molecule has 0 heterocycles. The Morgan fingerprint density at radius 1 is 1.10 bits per heavy atom. The monoisotopic (exact) mass is 420 g/mol. The molecule has 0 spiro atoms. The standard InChI is InChI=1S/C25H44N2O3/c1-16(2)13-20(23-21(28)14-25(7,8)15-22(23)29)26-12-10-9-11-19(27-18(5)6)24(30)17(3)4/h16-19,27-28H,9-15H2,1-8H3. The van der Waals surface area contributed by atoms with E-state index in [0.29, 0.717) is 37.3 Å². The van der Waals surface area contributed by atoms with Gasteiger partial charge in [0.25, 0.3) is 0 Å². The van der Waals surface area contributed by atoms with Crippen LogP contribution in [-0.2, 0) is 9.59 Å². The molecule has 0 amide bonds. The first kappa shape index (κ1) is 26.5. The van der Waals surface area contributed by atoms with E-state index in [9.17, 15) is 14.7 Å². The highest BCUT2D eigenvalue weighted by Crippen LogP contribution is 2.36. The smallest absolute Gasteiger partial charge is 0.168 e. The largest absolute Gasteiger partial charge is 0.511 e. The van der Waals surface area contributed by atoms with E-state index in [2.05, 4.69) is 33.0 Å². The van der Waals surface area contributed by atoms with Crippen LogP contribution >= 0.6 is 0 Å². The van der Waals surface area contributed by atoms with Crippen LogP contribution < -0.4 is 5.32 Å². The zero-order valence-electron chi connectivity index (χ0n) is 20.5. The minimum Gasteiger partial charge on any atom is -0.511 e. The van der Waals surface area contributed by atoms with Crippen LogP contribution in [0.25, 0.3) is 0 Å². The number of carbonyl (C=O) groups is 2. The van der Waals surface area contributed by atoms with Crippen molar-refractivity contribution >= 4 is 17.3 Å². The Bertz CT molecular complexity index is 657. The molecular weight excluding hydrogens is 376 g/mol. The maximum atomic E-state index is 12.7. The van der Waals surface area contributed by atoms with E-state index in [1.807, 2.05) is 27.7 Å². The summed E-state index contributed by atoms with van der Waals surface area (Å²) >= 11 is 0. The predicted molar refractivity (Wildman–Crippen MR) is 125 cm³/mol. The summed E-state index contributed by atoms with van der Waals surface area (Å²) in [5.74, 6) is 0.841. The van der Waals surface area contributed by atoms with E-state index >= 15 is 0 Å². The Morgan fingerprint density at radius 3 is 2.23 bits per heavy atom. The zero-order valence-corrected chi connectivity index (χ0v) is 20.5. The molecule has 172 valence electrons. The lowest BCUT2D eigenvalue weighted by Gasteiger charge is -2.30. The molecule has 1 unspecified atom stereocenters. The van der Waals surface area contributed by atoms with E-state index in [0.717, 1.165) is 25.0 Å². The maximum Gasteiger partial charge on any atom is 0.168 e. The van der Waals surface area contributed by atoms with Gasteiger partial charge in [-0.05, 0) is 37.0 Å². The number of nitrogens with one attached hydrogen (secondary N) is 1. The van der Waals surface area contributed by atoms with Gasteiger partial charge in [-0.25, -0.2) is 0 Å². The maximum absolute atomic E-state index is 12.7. The SMILES string of the molecule is CC(C)CC(=NCCCCC(NC(C)C)C(=O)C(C)C)C1=C(O)CC(C)(C)CC1=O. The summed E-state index contributed by atoms with van der Waals surface area (Å²) in [5.41, 5.74) is 1.00. The average molecular weight is 421 g/mol. The number of aliphatic hydroxyl groups excluding tert-OH is 1. The molecule has 0 saturated carbocycles. The molecule has 0 bridgehead atoms. The third kappa shape index (κ3) is 8.71. The number of ketones is 2. The highest BCUT2D eigenvalue weighted by atomic mass is 16.3. The lowest BCUT2D eigenvalue weighted by molar-refractivity contribution is -0.124. The predicted octanol–water partition coefficient (Wildman–Crippen LogP) is 5.44. The molecule has 1 rings (SSSR count). The summed E-state index contributed by atoms with van der Waals surface area (Å²) in [5, 5.41) is 14.0. The van der Waals surface area contributed by atoms with Gasteiger partial charge in [0.05, 0.1) is 11.6 Å². The van der Waals surface area contributed by atoms with Gasteiger partial charge in [-0.3, -0.25) is 14.6 Å². The Balaban J connectivity index is 2.80. The van der Waals surface area contributed by atoms with Gasteiger partial charge in [-0.2, -0.15) is 0 Å². The van der Waals surface area contributed by atoms with Gasteiger partial charge in [0.15, 0.2) is 11.6 Å². The first-order valence-electron chi connectivity index (χ1n) is 11.6. The van der Waals surface area contributed by atoms with Crippen molar-refractivity contribution in [1.29, 1.82) is 0 Å². The number of rotatable bonds is 12. The molecule has 5 heteroatoms. The molecule has 1 aliphatic rings. The van der Waals surface area contributed by atoms with Crippen molar-refractivity contribution in [1.82, 2.24) is 5.32 Å². The van der Waals surface area contributed by atoms with Crippen LogP contribution in [0.5, 0.6) is 0 Å². The lowest BCUT2D eigenvalue weighted by atomic mass is 9.75. The zero-order chi connectivity index (χ0) is 23.1. The number of aliphatic imine (C=N–C) groups is 1. The number of nitrogens with zero attached hydrogens (tertiary/aromatic N) is 1. The van der Waals surface area contributed by atoms with Gasteiger partial charge in [0.2, 0.25) is 0 Å². The fourth-order valence-electron chi connectivity index (χ4n) is 4.03. The number of allylic oxidation sites excluding steroid dienone is 2. The summed E-state index contributed by atoms with van der Waals surface area (Å²) < 4.78 is 0. The second kappa shape index (κ2) is 11.8. The van der Waals surface area contributed by atoms with Gasteiger partial charge in [0, 0.05) is 37.1 Å². The quantitative estimate of drug-likeness (QED) is 0.326. The minimum atomic E-state index is -0.199. The summed E-state index contributed by atoms with van der Waals surface area (Å²) in [6, 6.07) is 0.155. The minimum absolute atomic E-state index is 0.00637. The number of carbonyl (C=O) groups excluding carboxylic acids is 2. The van der Waals surface area contributed by atoms with Gasteiger partial charge < -0.3 is 10.4 Å². The molecule has 1 atom stereocenters. The van der Waals surface area contributed by atoms with Crippen molar-refractivity contribution in [2.45, 2.75) is 106 Å². The van der Waals surface area contributed by atoms with E-state index in [-0.39, 0.29) is 40.7 Å². The molecule has 5 nitrogen and oxygen atoms in total. The van der Waals surface area contributed by atoms with E-state index in [1.54, 1.807) is 0 Å². The average Bonchev–Trinajstić information content (AvgIpc) is 2.56. The van der Waals surface area contributed by atoms with Crippen LogP contribution in [0.15, 0.2) is 16.3 Å². The van der Waals surface area contributed by atoms with Crippen LogP contribution in [0.1, 0.15) is 93.9 Å². The molecule has 0 fully saturated rings. The van der Waals surface area contributed by atoms with Gasteiger partial charge >= 0.3 is 0 Å². The van der Waals surface area contributed by atoms with Crippen molar-refractivity contribution in [3.8, 4) is 0 Å². The van der Waals surface area contributed by atoms with Crippen molar-refractivity contribution in [3.05, 3.63) is 11.3 Å². The molecule has 0 radical (unpaired) electrons. The third-order valence-electron chi connectivity index (χ3n) is 5.39. The Kier molecular flexibility index (Phi) is 10.4. The Morgan fingerprint density at radius 2 is 1.73 bits per heavy atom. The fourth-order valence-corrected chi connectivity index (χ4v) is 4.03. The molecule has 0 aromatic rings. The van der Waals surface area contributed by atoms with E-state index in [1.165, 1.54) is 0 Å². The molecule has 0 aromatic heterocycles. The lowest BCUT2D eigenvalue weighted by Crippen LogP contribution is -2.42. The highest BCUT2D eigenvalue weighted by molar-refractivity contribution is 6.23. The summed E-state index contributed by atoms with van der Waals surface area (Å²) in [7, 11) is 0. The molecule has 1 aliphatic carbocycles. The fraction of sp³-hybridized carbons (Fsp3) is 0.800. The molecule has 0 aliphatic heterocycles. The Labute approximate surface area is 183 Å². The molecule has 0 aromatic carbocycles. The third-order valence-corrected chi connectivity index (χ3v) is 5.39. The van der Waals surface area contributed by atoms with E-state index in [4.69, 9.17) is 4.99 Å². The van der Waals surface area contributed by atoms with Crippen LogP contribution in [0.3, 0.4) is 0 Å². The summed E-state index contributed by atoms with van der Waals surface area (Å²) in [6.07, 6.45) is 4.21.